The van der Waals surface area contributed by atoms with Crippen molar-refractivity contribution in [2.75, 3.05) is 13.1 Å². The van der Waals surface area contributed by atoms with Crippen LogP contribution in [0.4, 0.5) is 0 Å². The van der Waals surface area contributed by atoms with Crippen molar-refractivity contribution in [2.24, 2.45) is 11.8 Å². The molecule has 1 aliphatic heterocycles. The van der Waals surface area contributed by atoms with Crippen LogP contribution in [0.2, 0.25) is 0 Å². The lowest BCUT2D eigenvalue weighted by atomic mass is 9.89. The van der Waals surface area contributed by atoms with E-state index in [-0.39, 0.29) is 0 Å². The van der Waals surface area contributed by atoms with E-state index in [9.17, 15) is 4.79 Å². The van der Waals surface area contributed by atoms with Crippen LogP contribution in [0.25, 0.3) is 22.0 Å². The van der Waals surface area contributed by atoms with Crippen molar-refractivity contribution in [3.8, 4) is 11.1 Å². The molecule has 2 fully saturated rings. The van der Waals surface area contributed by atoms with Crippen molar-refractivity contribution in [1.29, 1.82) is 0 Å². The minimum absolute atomic E-state index is 0.354. The molecule has 5 rings (SSSR count). The molecule has 1 saturated heterocycles. The maximum absolute atomic E-state index is 12.2. The summed E-state index contributed by atoms with van der Waals surface area (Å²) in [5.74, 6) is 1.45. The normalized spacial score (nSPS) is 17.6. The van der Waals surface area contributed by atoms with E-state index in [2.05, 4.69) is 59.3 Å². The highest BCUT2D eigenvalue weighted by Crippen LogP contribution is 2.33. The summed E-state index contributed by atoms with van der Waals surface area (Å²) in [6.07, 6.45) is 7.59. The van der Waals surface area contributed by atoms with Crippen LogP contribution in [0.1, 0.15) is 36.8 Å². The zero-order valence-electron chi connectivity index (χ0n) is 17.1. The molecule has 1 amide bonds. The Morgan fingerprint density at radius 1 is 1.00 bits per heavy atom. The second-order valence-electron chi connectivity index (χ2n) is 8.76. The van der Waals surface area contributed by atoms with E-state index >= 15 is 0 Å². The van der Waals surface area contributed by atoms with Crippen LogP contribution in [-0.4, -0.2) is 28.9 Å². The molecule has 1 aromatic heterocycles. The number of aryl methyl sites for hydroxylation is 1. The Bertz CT molecular complexity index is 1030. The van der Waals surface area contributed by atoms with Crippen LogP contribution < -0.4 is 0 Å². The molecule has 1 saturated carbocycles. The number of rotatable bonds is 4. The highest BCUT2D eigenvalue weighted by atomic mass is 16.2. The van der Waals surface area contributed by atoms with E-state index in [1.807, 2.05) is 12.3 Å². The zero-order valence-corrected chi connectivity index (χ0v) is 17.1. The number of amides is 1. The summed E-state index contributed by atoms with van der Waals surface area (Å²) in [5, 5.41) is 1.22. The standard InChI is InChI=1S/C26H28N2O/c1-18-23-4-2-3-5-25(23)27-17-24(18)21-8-6-19(7-9-21)16-20-12-14-28(15-13-20)26(29)22-10-11-22/h2-9,17,20,22H,10-16H2,1H3. The van der Waals surface area contributed by atoms with Crippen LogP contribution in [0.3, 0.4) is 0 Å². The van der Waals surface area contributed by atoms with E-state index < -0.39 is 0 Å². The summed E-state index contributed by atoms with van der Waals surface area (Å²) >= 11 is 0. The maximum atomic E-state index is 12.2. The smallest absolute Gasteiger partial charge is 0.225 e. The molecule has 0 radical (unpaired) electrons. The maximum Gasteiger partial charge on any atom is 0.225 e. The molecule has 3 aromatic rings. The van der Waals surface area contributed by atoms with Crippen LogP contribution in [0.5, 0.6) is 0 Å². The van der Waals surface area contributed by atoms with Gasteiger partial charge in [-0.2, -0.15) is 0 Å². The van der Waals surface area contributed by atoms with Gasteiger partial charge in [0.05, 0.1) is 5.52 Å². The number of likely N-dealkylation sites (tertiary alicyclic amines) is 1. The number of para-hydroxylation sites is 1. The SMILES string of the molecule is Cc1c(-c2ccc(CC3CCN(C(=O)C4CC4)CC3)cc2)cnc2ccccc12. The Hall–Kier alpha value is -2.68. The first kappa shape index (κ1) is 18.4. The summed E-state index contributed by atoms with van der Waals surface area (Å²) in [4.78, 5) is 19.0. The number of pyridine rings is 1. The molecule has 0 N–H and O–H groups in total. The lowest BCUT2D eigenvalue weighted by Crippen LogP contribution is -2.39. The molecule has 2 heterocycles. The summed E-state index contributed by atoms with van der Waals surface area (Å²) < 4.78 is 0. The fraction of sp³-hybridized carbons (Fsp3) is 0.385. The van der Waals surface area contributed by atoms with Crippen molar-refractivity contribution < 1.29 is 4.79 Å². The van der Waals surface area contributed by atoms with Crippen molar-refractivity contribution >= 4 is 16.8 Å². The average Bonchev–Trinajstić information content (AvgIpc) is 3.61. The average molecular weight is 385 g/mol. The van der Waals surface area contributed by atoms with Crippen LogP contribution in [-0.2, 0) is 11.2 Å². The molecule has 2 aromatic carbocycles. The predicted octanol–water partition coefficient (Wildman–Crippen LogP) is 5.40. The van der Waals surface area contributed by atoms with E-state index in [1.54, 1.807) is 0 Å². The van der Waals surface area contributed by atoms with Gasteiger partial charge in [0, 0.05) is 36.2 Å². The Morgan fingerprint density at radius 3 is 2.45 bits per heavy atom. The van der Waals surface area contributed by atoms with Crippen LogP contribution in [0, 0.1) is 18.8 Å². The van der Waals surface area contributed by atoms with Crippen molar-refractivity contribution in [2.45, 2.75) is 39.0 Å². The van der Waals surface area contributed by atoms with Gasteiger partial charge in [0.25, 0.3) is 0 Å². The zero-order chi connectivity index (χ0) is 19.8. The van der Waals surface area contributed by atoms with Gasteiger partial charge < -0.3 is 4.90 Å². The third kappa shape index (κ3) is 3.78. The largest absolute Gasteiger partial charge is 0.342 e. The van der Waals surface area contributed by atoms with Gasteiger partial charge in [-0.15, -0.1) is 0 Å². The van der Waals surface area contributed by atoms with Gasteiger partial charge in [-0.25, -0.2) is 0 Å². The second-order valence-corrected chi connectivity index (χ2v) is 8.76. The minimum Gasteiger partial charge on any atom is -0.342 e. The second kappa shape index (κ2) is 7.62. The topological polar surface area (TPSA) is 33.2 Å². The monoisotopic (exact) mass is 384 g/mol. The fourth-order valence-electron chi connectivity index (χ4n) is 4.67. The minimum atomic E-state index is 0.354. The molecule has 3 heteroatoms. The molecule has 2 aliphatic rings. The molecule has 0 bridgehead atoms. The molecular weight excluding hydrogens is 356 g/mol. The number of fused-ring (bicyclic) bond motifs is 1. The lowest BCUT2D eigenvalue weighted by Gasteiger charge is -2.32. The number of carbonyl (C=O) groups is 1. The van der Waals surface area contributed by atoms with Gasteiger partial charge in [-0.05, 0) is 67.7 Å². The Labute approximate surface area is 172 Å². The summed E-state index contributed by atoms with van der Waals surface area (Å²) in [6.45, 7) is 4.07. The number of carbonyl (C=O) groups excluding carboxylic acids is 1. The first-order valence-electron chi connectivity index (χ1n) is 10.9. The Morgan fingerprint density at radius 2 is 1.72 bits per heavy atom. The van der Waals surface area contributed by atoms with Crippen molar-refractivity contribution in [1.82, 2.24) is 9.88 Å². The first-order valence-corrected chi connectivity index (χ1v) is 10.9. The molecule has 3 nitrogen and oxygen atoms in total. The lowest BCUT2D eigenvalue weighted by molar-refractivity contribution is -0.133. The number of nitrogens with zero attached hydrogens (tertiary/aromatic N) is 2. The highest BCUT2D eigenvalue weighted by molar-refractivity contribution is 5.88. The molecular formula is C26H28N2O. The van der Waals surface area contributed by atoms with Crippen LogP contribution >= 0.6 is 0 Å². The number of aromatic nitrogens is 1. The van der Waals surface area contributed by atoms with Gasteiger partial charge in [-0.1, -0.05) is 42.5 Å². The predicted molar refractivity (Wildman–Crippen MR) is 118 cm³/mol. The summed E-state index contributed by atoms with van der Waals surface area (Å²) in [6, 6.07) is 17.3. The third-order valence-electron chi connectivity index (χ3n) is 6.69. The van der Waals surface area contributed by atoms with Crippen LogP contribution in [0.15, 0.2) is 54.7 Å². The Kier molecular flexibility index (Phi) is 4.83. The fourth-order valence-corrected chi connectivity index (χ4v) is 4.67. The van der Waals surface area contributed by atoms with Gasteiger partial charge in [0.2, 0.25) is 5.91 Å². The number of hydrogen-bond donors (Lipinski definition) is 0. The van der Waals surface area contributed by atoms with E-state index in [0.717, 1.165) is 50.7 Å². The molecule has 0 spiro atoms. The highest BCUT2D eigenvalue weighted by Gasteiger charge is 2.34. The summed E-state index contributed by atoms with van der Waals surface area (Å²) in [5.41, 5.74) is 6.18. The third-order valence-corrected chi connectivity index (χ3v) is 6.69. The van der Waals surface area contributed by atoms with E-state index in [4.69, 9.17) is 0 Å². The van der Waals surface area contributed by atoms with Gasteiger partial charge in [0.1, 0.15) is 0 Å². The number of benzene rings is 2. The quantitative estimate of drug-likeness (QED) is 0.603. The molecule has 0 atom stereocenters. The number of piperidine rings is 1. The number of hydrogen-bond acceptors (Lipinski definition) is 2. The van der Waals surface area contributed by atoms with Gasteiger partial charge in [-0.3, -0.25) is 9.78 Å². The molecule has 29 heavy (non-hydrogen) atoms. The van der Waals surface area contributed by atoms with E-state index in [0.29, 0.717) is 17.7 Å². The molecule has 0 unspecified atom stereocenters. The molecule has 148 valence electrons. The van der Waals surface area contributed by atoms with Crippen molar-refractivity contribution in [3.63, 3.8) is 0 Å². The van der Waals surface area contributed by atoms with E-state index in [1.165, 1.54) is 27.6 Å². The van der Waals surface area contributed by atoms with Gasteiger partial charge >= 0.3 is 0 Å². The summed E-state index contributed by atoms with van der Waals surface area (Å²) in [7, 11) is 0. The first-order chi connectivity index (χ1) is 14.2. The molecule has 1 aliphatic carbocycles. The Balaban J connectivity index is 1.25. The van der Waals surface area contributed by atoms with Crippen molar-refractivity contribution in [3.05, 3.63) is 65.9 Å². The van der Waals surface area contributed by atoms with Gasteiger partial charge in [0.15, 0.2) is 0 Å².